The van der Waals surface area contributed by atoms with Gasteiger partial charge in [-0.2, -0.15) is 0 Å². The Balaban J connectivity index is 2.45. The Bertz CT molecular complexity index is 479. The van der Waals surface area contributed by atoms with Gasteiger partial charge in [-0.1, -0.05) is 23.8 Å². The average Bonchev–Trinajstić information content (AvgIpc) is 2.60. The van der Waals surface area contributed by atoms with Gasteiger partial charge in [0.2, 0.25) is 0 Å². The number of hydrogen-bond donors (Lipinski definition) is 2. The van der Waals surface area contributed by atoms with Gasteiger partial charge >= 0.3 is 0 Å². The number of H-pyrrole nitrogens is 1. The molecule has 0 radical (unpaired) electrons. The van der Waals surface area contributed by atoms with Crippen LogP contribution in [0.15, 0.2) is 28.9 Å². The average molecular weight is 267 g/mol. The van der Waals surface area contributed by atoms with E-state index in [-0.39, 0.29) is 6.61 Å². The molecule has 4 heteroatoms. The van der Waals surface area contributed by atoms with Gasteiger partial charge in [-0.3, -0.25) is 0 Å². The number of aromatic nitrogens is 2. The third-order valence-electron chi connectivity index (χ3n) is 2.18. The summed E-state index contributed by atoms with van der Waals surface area (Å²) in [6.45, 7) is 1.99. The molecular formula is C11H11BrN2O. The lowest BCUT2D eigenvalue weighted by Crippen LogP contribution is -1.84. The Kier molecular flexibility index (Phi) is 2.88. The predicted octanol–water partition coefficient (Wildman–Crippen LogP) is 2.64. The highest BCUT2D eigenvalue weighted by Crippen LogP contribution is 2.22. The van der Waals surface area contributed by atoms with Crippen LogP contribution in [0, 0.1) is 6.92 Å². The summed E-state index contributed by atoms with van der Waals surface area (Å²) >= 11 is 3.29. The molecule has 78 valence electrons. The molecule has 2 aromatic rings. The Morgan fingerprint density at radius 1 is 1.47 bits per heavy atom. The molecule has 2 rings (SSSR count). The molecule has 1 aromatic carbocycles. The number of hydrogen-bond acceptors (Lipinski definition) is 2. The third kappa shape index (κ3) is 2.11. The van der Waals surface area contributed by atoms with Gasteiger partial charge < -0.3 is 10.1 Å². The normalized spacial score (nSPS) is 10.6. The van der Waals surface area contributed by atoms with Crippen LogP contribution in [-0.4, -0.2) is 15.1 Å². The van der Waals surface area contributed by atoms with Crippen molar-refractivity contribution < 1.29 is 5.11 Å². The van der Waals surface area contributed by atoms with Crippen molar-refractivity contribution in [3.63, 3.8) is 0 Å². The number of imidazole rings is 1. The minimum absolute atomic E-state index is 0.0423. The first-order valence-electron chi connectivity index (χ1n) is 4.63. The van der Waals surface area contributed by atoms with Crippen molar-refractivity contribution in [1.29, 1.82) is 0 Å². The Labute approximate surface area is 96.3 Å². The molecule has 0 atom stereocenters. The highest BCUT2D eigenvalue weighted by atomic mass is 79.9. The number of nitrogens with one attached hydrogen (secondary N) is 1. The number of aliphatic hydroxyl groups excluding tert-OH is 1. The summed E-state index contributed by atoms with van der Waals surface area (Å²) in [5, 5.41) is 9.03. The molecule has 0 bridgehead atoms. The topological polar surface area (TPSA) is 48.9 Å². The largest absolute Gasteiger partial charge is 0.390 e. The second-order valence-electron chi connectivity index (χ2n) is 3.38. The van der Waals surface area contributed by atoms with Crippen molar-refractivity contribution in [2.75, 3.05) is 0 Å². The zero-order chi connectivity index (χ0) is 10.8. The van der Waals surface area contributed by atoms with E-state index in [9.17, 15) is 0 Å². The van der Waals surface area contributed by atoms with Crippen LogP contribution in [0.2, 0.25) is 0 Å². The summed E-state index contributed by atoms with van der Waals surface area (Å²) in [6, 6.07) is 8.06. The van der Waals surface area contributed by atoms with E-state index >= 15 is 0 Å². The smallest absolute Gasteiger partial charge is 0.138 e. The Morgan fingerprint density at radius 2 is 2.27 bits per heavy atom. The highest BCUT2D eigenvalue weighted by Gasteiger charge is 2.08. The lowest BCUT2D eigenvalue weighted by molar-refractivity contribution is 0.276. The van der Waals surface area contributed by atoms with E-state index in [4.69, 9.17) is 5.11 Å². The minimum atomic E-state index is -0.0423. The van der Waals surface area contributed by atoms with E-state index in [1.807, 2.05) is 31.2 Å². The number of benzene rings is 1. The molecule has 0 saturated heterocycles. The zero-order valence-corrected chi connectivity index (χ0v) is 9.87. The highest BCUT2D eigenvalue weighted by molar-refractivity contribution is 9.10. The van der Waals surface area contributed by atoms with Crippen LogP contribution in [0.25, 0.3) is 11.4 Å². The lowest BCUT2D eigenvalue weighted by Gasteiger charge is -1.97. The molecule has 3 nitrogen and oxygen atoms in total. The second-order valence-corrected chi connectivity index (χ2v) is 4.13. The van der Waals surface area contributed by atoms with E-state index in [0.29, 0.717) is 10.3 Å². The molecule has 0 fully saturated rings. The van der Waals surface area contributed by atoms with Crippen molar-refractivity contribution in [2.45, 2.75) is 13.5 Å². The number of halogens is 1. The van der Waals surface area contributed by atoms with Crippen LogP contribution in [-0.2, 0) is 6.61 Å². The van der Waals surface area contributed by atoms with E-state index in [1.165, 1.54) is 5.56 Å². The summed E-state index contributed by atoms with van der Waals surface area (Å²) < 4.78 is 0.668. The number of rotatable bonds is 2. The molecular weight excluding hydrogens is 256 g/mol. The van der Waals surface area contributed by atoms with Crippen LogP contribution in [0.4, 0.5) is 0 Å². The third-order valence-corrected chi connectivity index (χ3v) is 2.83. The first-order valence-corrected chi connectivity index (χ1v) is 5.42. The van der Waals surface area contributed by atoms with Crippen molar-refractivity contribution in [3.05, 3.63) is 40.1 Å². The van der Waals surface area contributed by atoms with Crippen molar-refractivity contribution in [1.82, 2.24) is 9.97 Å². The Hall–Kier alpha value is -1.13. The van der Waals surface area contributed by atoms with Gasteiger partial charge in [0.05, 0.1) is 12.3 Å². The van der Waals surface area contributed by atoms with Gasteiger partial charge in [0.1, 0.15) is 10.4 Å². The standard InChI is InChI=1S/C11H11BrN2O/c1-7-3-2-4-8(5-7)11-13-9(6-15)10(12)14-11/h2-5,15H,6H2,1H3,(H,13,14). The van der Waals surface area contributed by atoms with Gasteiger partial charge in [0, 0.05) is 5.56 Å². The summed E-state index contributed by atoms with van der Waals surface area (Å²) in [6.07, 6.45) is 0. The van der Waals surface area contributed by atoms with Crippen LogP contribution >= 0.6 is 15.9 Å². The molecule has 2 N–H and O–H groups in total. The number of aromatic amines is 1. The van der Waals surface area contributed by atoms with Crippen LogP contribution in [0.1, 0.15) is 11.3 Å². The van der Waals surface area contributed by atoms with Crippen LogP contribution in [0.5, 0.6) is 0 Å². The van der Waals surface area contributed by atoms with E-state index in [1.54, 1.807) is 0 Å². The van der Waals surface area contributed by atoms with E-state index < -0.39 is 0 Å². The summed E-state index contributed by atoms with van der Waals surface area (Å²) in [4.78, 5) is 7.36. The fourth-order valence-corrected chi connectivity index (χ4v) is 1.82. The fourth-order valence-electron chi connectivity index (χ4n) is 1.42. The zero-order valence-electron chi connectivity index (χ0n) is 8.29. The SMILES string of the molecule is Cc1cccc(-c2nc(Br)c(CO)[nH]2)c1. The van der Waals surface area contributed by atoms with E-state index in [2.05, 4.69) is 25.9 Å². The molecule has 0 amide bonds. The Morgan fingerprint density at radius 3 is 2.87 bits per heavy atom. The molecule has 0 saturated carbocycles. The van der Waals surface area contributed by atoms with Gasteiger partial charge in [0.25, 0.3) is 0 Å². The number of nitrogens with zero attached hydrogens (tertiary/aromatic N) is 1. The molecule has 0 aliphatic rings. The fraction of sp³-hybridized carbons (Fsp3) is 0.182. The first kappa shape index (κ1) is 10.4. The maximum Gasteiger partial charge on any atom is 0.138 e. The van der Waals surface area contributed by atoms with Gasteiger partial charge in [-0.05, 0) is 28.9 Å². The van der Waals surface area contributed by atoms with Crippen LogP contribution < -0.4 is 0 Å². The van der Waals surface area contributed by atoms with Crippen molar-refractivity contribution in [2.24, 2.45) is 0 Å². The van der Waals surface area contributed by atoms with Gasteiger partial charge in [-0.15, -0.1) is 0 Å². The van der Waals surface area contributed by atoms with Gasteiger partial charge in [-0.25, -0.2) is 4.98 Å². The summed E-state index contributed by atoms with van der Waals surface area (Å²) in [5.74, 6) is 0.773. The molecule has 1 aromatic heterocycles. The summed E-state index contributed by atoms with van der Waals surface area (Å²) in [7, 11) is 0. The van der Waals surface area contributed by atoms with Gasteiger partial charge in [0.15, 0.2) is 0 Å². The molecule has 15 heavy (non-hydrogen) atoms. The van der Waals surface area contributed by atoms with Crippen molar-refractivity contribution >= 4 is 15.9 Å². The molecule has 0 aliphatic heterocycles. The summed E-state index contributed by atoms with van der Waals surface area (Å²) in [5.41, 5.74) is 2.91. The first-order chi connectivity index (χ1) is 7.20. The van der Waals surface area contributed by atoms with Crippen molar-refractivity contribution in [3.8, 4) is 11.4 Å². The molecule has 1 heterocycles. The predicted molar refractivity (Wildman–Crippen MR) is 62.4 cm³/mol. The maximum absolute atomic E-state index is 9.03. The van der Waals surface area contributed by atoms with Crippen LogP contribution in [0.3, 0.4) is 0 Å². The quantitative estimate of drug-likeness (QED) is 0.878. The molecule has 0 spiro atoms. The second kappa shape index (κ2) is 4.16. The monoisotopic (exact) mass is 266 g/mol. The van der Waals surface area contributed by atoms with E-state index in [0.717, 1.165) is 11.4 Å². The number of aryl methyl sites for hydroxylation is 1. The minimum Gasteiger partial charge on any atom is -0.390 e. The molecule has 0 aliphatic carbocycles. The molecule has 0 unspecified atom stereocenters. The number of aliphatic hydroxyl groups is 1. The lowest BCUT2D eigenvalue weighted by atomic mass is 10.1. The maximum atomic E-state index is 9.03.